The largest absolute Gasteiger partial charge is 0.467 e. The zero-order chi connectivity index (χ0) is 19.1. The minimum atomic E-state index is -0.855. The molecule has 0 N–H and O–H groups in total. The van der Waals surface area contributed by atoms with Crippen LogP contribution in [0.3, 0.4) is 0 Å². The third kappa shape index (κ3) is 2.61. The minimum absolute atomic E-state index is 0.237. The smallest absolute Gasteiger partial charge is 0.262 e. The second-order valence-electron chi connectivity index (χ2n) is 6.92. The monoisotopic (exact) mass is 374 g/mol. The fourth-order valence-electron chi connectivity index (χ4n) is 3.94. The summed E-state index contributed by atoms with van der Waals surface area (Å²) in [6.45, 7) is 0.241. The molecule has 2 aromatic carbocycles. The molecular weight excluding hydrogens is 356 g/mol. The van der Waals surface area contributed by atoms with Crippen LogP contribution in [0.1, 0.15) is 17.4 Å². The van der Waals surface area contributed by atoms with E-state index >= 15 is 0 Å². The first kappa shape index (κ1) is 16.8. The van der Waals surface area contributed by atoms with Crippen molar-refractivity contribution in [2.24, 2.45) is 5.92 Å². The maximum atomic E-state index is 13.2. The number of imide groups is 1. The van der Waals surface area contributed by atoms with Crippen LogP contribution in [0, 0.1) is 5.92 Å². The van der Waals surface area contributed by atoms with E-state index in [9.17, 15) is 9.59 Å². The molecule has 3 atom stereocenters. The lowest BCUT2D eigenvalue weighted by atomic mass is 9.94. The number of carbonyl (C=O) groups is 2. The van der Waals surface area contributed by atoms with Gasteiger partial charge in [-0.3, -0.25) is 19.3 Å². The van der Waals surface area contributed by atoms with Crippen LogP contribution in [0.5, 0.6) is 0 Å². The number of para-hydroxylation sites is 1. The van der Waals surface area contributed by atoms with E-state index in [2.05, 4.69) is 0 Å². The van der Waals surface area contributed by atoms with E-state index in [1.807, 2.05) is 66.7 Å². The summed E-state index contributed by atoms with van der Waals surface area (Å²) in [5, 5.41) is 1.63. The lowest BCUT2D eigenvalue weighted by Crippen LogP contribution is -2.36. The highest BCUT2D eigenvalue weighted by molar-refractivity contribution is 6.07. The lowest BCUT2D eigenvalue weighted by Gasteiger charge is -2.27. The van der Waals surface area contributed by atoms with Crippen molar-refractivity contribution in [3.8, 4) is 0 Å². The van der Waals surface area contributed by atoms with Gasteiger partial charge in [0.1, 0.15) is 17.7 Å². The first-order chi connectivity index (χ1) is 13.7. The molecule has 0 spiro atoms. The molecule has 2 aliphatic heterocycles. The van der Waals surface area contributed by atoms with E-state index in [1.54, 1.807) is 17.4 Å². The molecule has 1 aromatic heterocycles. The Labute approximate surface area is 161 Å². The molecule has 0 aliphatic carbocycles. The zero-order valence-corrected chi connectivity index (χ0v) is 15.0. The molecule has 0 bridgehead atoms. The standard InChI is InChI=1S/C22H18N2O4/c25-21-18-19(17-12-7-13-27-17)24(16-10-5-2-6-11-16)28-20(18)22(26)23(21)14-15-8-3-1-4-9-15/h1-13,18-20H,14H2. The molecule has 0 saturated carbocycles. The van der Waals surface area contributed by atoms with Crippen LogP contribution in [0.15, 0.2) is 83.5 Å². The van der Waals surface area contributed by atoms with Gasteiger partial charge < -0.3 is 4.42 Å². The maximum Gasteiger partial charge on any atom is 0.262 e. The van der Waals surface area contributed by atoms with Crippen LogP contribution in [0.2, 0.25) is 0 Å². The molecule has 2 aliphatic rings. The molecule has 3 heterocycles. The number of rotatable bonds is 4. The molecular formula is C22H18N2O4. The lowest BCUT2D eigenvalue weighted by molar-refractivity contribution is -0.143. The summed E-state index contributed by atoms with van der Waals surface area (Å²) in [5.74, 6) is -0.603. The van der Waals surface area contributed by atoms with Gasteiger partial charge in [-0.2, -0.15) is 0 Å². The third-order valence-electron chi connectivity index (χ3n) is 5.24. The van der Waals surface area contributed by atoms with Gasteiger partial charge in [-0.25, -0.2) is 5.06 Å². The molecule has 6 heteroatoms. The van der Waals surface area contributed by atoms with Crippen molar-refractivity contribution >= 4 is 17.5 Å². The molecule has 2 saturated heterocycles. The van der Waals surface area contributed by atoms with Crippen molar-refractivity contribution in [3.05, 3.63) is 90.4 Å². The molecule has 3 aromatic rings. The SMILES string of the molecule is O=C1C2ON(c3ccccc3)C(c3ccco3)C2C(=O)N1Cc1ccccc1. The van der Waals surface area contributed by atoms with E-state index in [0.717, 1.165) is 11.3 Å². The average Bonchev–Trinajstić information content (AvgIpc) is 3.44. The van der Waals surface area contributed by atoms with Gasteiger partial charge in [0.05, 0.1) is 18.5 Å². The van der Waals surface area contributed by atoms with Gasteiger partial charge in [0.15, 0.2) is 6.10 Å². The average molecular weight is 374 g/mol. The van der Waals surface area contributed by atoms with Crippen LogP contribution >= 0.6 is 0 Å². The molecule has 3 unspecified atom stereocenters. The van der Waals surface area contributed by atoms with Crippen molar-refractivity contribution in [2.45, 2.75) is 18.7 Å². The Morgan fingerprint density at radius 3 is 2.21 bits per heavy atom. The quantitative estimate of drug-likeness (QED) is 0.656. The van der Waals surface area contributed by atoms with Crippen LogP contribution in [-0.4, -0.2) is 22.8 Å². The maximum absolute atomic E-state index is 13.2. The summed E-state index contributed by atoms with van der Waals surface area (Å²) in [4.78, 5) is 33.6. The fraction of sp³-hybridized carbons (Fsp3) is 0.182. The number of anilines is 1. The van der Waals surface area contributed by atoms with Crippen LogP contribution in [-0.2, 0) is 21.0 Å². The molecule has 0 radical (unpaired) electrons. The first-order valence-electron chi connectivity index (χ1n) is 9.17. The van der Waals surface area contributed by atoms with E-state index in [-0.39, 0.29) is 18.4 Å². The number of fused-ring (bicyclic) bond motifs is 1. The number of furan rings is 1. The van der Waals surface area contributed by atoms with E-state index in [1.165, 1.54) is 4.90 Å². The first-order valence-corrected chi connectivity index (χ1v) is 9.17. The molecule has 140 valence electrons. The minimum Gasteiger partial charge on any atom is -0.467 e. The summed E-state index contributed by atoms with van der Waals surface area (Å²) in [7, 11) is 0. The van der Waals surface area contributed by atoms with Crippen LogP contribution in [0.4, 0.5) is 5.69 Å². The van der Waals surface area contributed by atoms with E-state index < -0.39 is 18.1 Å². The Balaban J connectivity index is 1.50. The van der Waals surface area contributed by atoms with Gasteiger partial charge in [-0.05, 0) is 29.8 Å². The molecule has 2 amide bonds. The Hall–Kier alpha value is -3.38. The van der Waals surface area contributed by atoms with Crippen molar-refractivity contribution in [3.63, 3.8) is 0 Å². The summed E-state index contributed by atoms with van der Waals surface area (Å²) in [5.41, 5.74) is 1.67. The Bertz CT molecular complexity index is 988. The van der Waals surface area contributed by atoms with E-state index in [0.29, 0.717) is 5.76 Å². The highest BCUT2D eigenvalue weighted by Gasteiger charge is 2.60. The Morgan fingerprint density at radius 1 is 0.821 bits per heavy atom. The highest BCUT2D eigenvalue weighted by atomic mass is 16.7. The summed E-state index contributed by atoms with van der Waals surface area (Å²) < 4.78 is 5.61. The number of likely N-dealkylation sites (tertiary alicyclic amines) is 1. The van der Waals surface area contributed by atoms with Gasteiger partial charge in [0, 0.05) is 0 Å². The third-order valence-corrected chi connectivity index (χ3v) is 5.24. The highest BCUT2D eigenvalue weighted by Crippen LogP contribution is 2.46. The van der Waals surface area contributed by atoms with Gasteiger partial charge in [-0.15, -0.1) is 0 Å². The normalized spacial score (nSPS) is 24.1. The summed E-state index contributed by atoms with van der Waals surface area (Å²) >= 11 is 0. The van der Waals surface area contributed by atoms with Gasteiger partial charge >= 0.3 is 0 Å². The zero-order valence-electron chi connectivity index (χ0n) is 15.0. The molecule has 5 rings (SSSR count). The van der Waals surface area contributed by atoms with Gasteiger partial charge in [0.25, 0.3) is 5.91 Å². The number of amides is 2. The number of carbonyl (C=O) groups excluding carboxylic acids is 2. The van der Waals surface area contributed by atoms with Gasteiger partial charge in [-0.1, -0.05) is 48.5 Å². The van der Waals surface area contributed by atoms with Crippen LogP contribution in [0.25, 0.3) is 0 Å². The number of hydroxylamine groups is 1. The van der Waals surface area contributed by atoms with Crippen molar-refractivity contribution in [1.82, 2.24) is 4.90 Å². The second-order valence-corrected chi connectivity index (χ2v) is 6.92. The molecule has 6 nitrogen and oxygen atoms in total. The predicted octanol–water partition coefficient (Wildman–Crippen LogP) is 3.33. The molecule has 28 heavy (non-hydrogen) atoms. The number of nitrogens with zero attached hydrogens (tertiary/aromatic N) is 2. The van der Waals surface area contributed by atoms with Crippen molar-refractivity contribution in [2.75, 3.05) is 5.06 Å². The van der Waals surface area contributed by atoms with Crippen LogP contribution < -0.4 is 5.06 Å². The number of benzene rings is 2. The van der Waals surface area contributed by atoms with E-state index in [4.69, 9.17) is 9.25 Å². The second kappa shape index (κ2) is 6.65. The predicted molar refractivity (Wildman–Crippen MR) is 101 cm³/mol. The summed E-state index contributed by atoms with van der Waals surface area (Å²) in [6.07, 6.45) is 0.709. The van der Waals surface area contributed by atoms with Crippen molar-refractivity contribution in [1.29, 1.82) is 0 Å². The molecule has 2 fully saturated rings. The number of hydrogen-bond acceptors (Lipinski definition) is 5. The van der Waals surface area contributed by atoms with Crippen molar-refractivity contribution < 1.29 is 18.8 Å². The fourth-order valence-corrected chi connectivity index (χ4v) is 3.94. The summed E-state index contributed by atoms with van der Waals surface area (Å²) in [6, 6.07) is 22.0. The Morgan fingerprint density at radius 2 is 1.54 bits per heavy atom. The van der Waals surface area contributed by atoms with Gasteiger partial charge in [0.2, 0.25) is 5.91 Å². The topological polar surface area (TPSA) is 63.0 Å². The Kier molecular flexibility index (Phi) is 3.98. The number of hydrogen-bond donors (Lipinski definition) is 0.